The Morgan fingerprint density at radius 1 is 1.10 bits per heavy atom. The van der Waals surface area contributed by atoms with Crippen LogP contribution in [-0.2, 0) is 10.2 Å². The number of benzene rings is 1. The van der Waals surface area contributed by atoms with Crippen molar-refractivity contribution in [1.82, 2.24) is 20.9 Å². The monoisotopic (exact) mass is 543 g/mol. The highest BCUT2D eigenvalue weighted by Crippen LogP contribution is 2.30. The van der Waals surface area contributed by atoms with Crippen LogP contribution in [0.4, 0.5) is 0 Å². The first-order chi connectivity index (χ1) is 14.6. The zero-order valence-corrected chi connectivity index (χ0v) is 22.1. The first kappa shape index (κ1) is 27.7. The van der Waals surface area contributed by atoms with E-state index in [0.29, 0.717) is 12.6 Å². The Morgan fingerprint density at radius 3 is 2.29 bits per heavy atom. The Labute approximate surface area is 206 Å². The van der Waals surface area contributed by atoms with Gasteiger partial charge in [-0.1, -0.05) is 51.1 Å². The van der Waals surface area contributed by atoms with Gasteiger partial charge in [0.25, 0.3) is 0 Å². The predicted octanol–water partition coefficient (Wildman–Crippen LogP) is 3.52. The third-order valence-corrected chi connectivity index (χ3v) is 6.43. The lowest BCUT2D eigenvalue weighted by molar-refractivity contribution is -0.122. The lowest BCUT2D eigenvalue weighted by atomic mass is 9.76. The molecule has 7 heteroatoms. The molecule has 0 bridgehead atoms. The number of carbonyl (C=O) groups is 1. The number of rotatable bonds is 10. The maximum atomic E-state index is 11.9. The fourth-order valence-corrected chi connectivity index (χ4v) is 4.20. The van der Waals surface area contributed by atoms with Crippen molar-refractivity contribution in [2.45, 2.75) is 64.3 Å². The standard InChI is InChI=1S/C24H41N5O.HI/c1-5-15-26-22(30)18-29-16-13-21(14-17-29)28-23(25-4)27-19-24(6-2,7-3)20-11-9-8-10-12-20;/h8-12,21H,5-7,13-19H2,1-4H3,(H,26,30)(H2,25,27,28);1H. The molecule has 0 atom stereocenters. The number of carbonyl (C=O) groups excluding carboxylic acids is 1. The quantitative estimate of drug-likeness (QED) is 0.240. The van der Waals surface area contributed by atoms with Gasteiger partial charge in [0.15, 0.2) is 5.96 Å². The number of halogens is 1. The van der Waals surface area contributed by atoms with Crippen molar-refractivity contribution in [3.05, 3.63) is 35.9 Å². The Bertz CT molecular complexity index is 655. The number of likely N-dealkylation sites (tertiary alicyclic amines) is 1. The van der Waals surface area contributed by atoms with E-state index in [1.807, 2.05) is 7.05 Å². The van der Waals surface area contributed by atoms with Crippen LogP contribution >= 0.6 is 24.0 Å². The van der Waals surface area contributed by atoms with Gasteiger partial charge in [-0.15, -0.1) is 24.0 Å². The van der Waals surface area contributed by atoms with Crippen molar-refractivity contribution in [3.8, 4) is 0 Å². The van der Waals surface area contributed by atoms with Crippen LogP contribution in [-0.4, -0.2) is 62.6 Å². The third kappa shape index (κ3) is 8.60. The molecule has 0 aliphatic carbocycles. The molecule has 1 aromatic carbocycles. The molecular weight excluding hydrogens is 501 g/mol. The normalized spacial score (nSPS) is 15.8. The lowest BCUT2D eigenvalue weighted by Gasteiger charge is -2.35. The molecule has 176 valence electrons. The molecule has 31 heavy (non-hydrogen) atoms. The van der Waals surface area contributed by atoms with Crippen LogP contribution in [0.25, 0.3) is 0 Å². The Morgan fingerprint density at radius 2 is 1.74 bits per heavy atom. The molecule has 1 amide bonds. The van der Waals surface area contributed by atoms with E-state index in [2.05, 4.69) is 76.9 Å². The molecule has 1 aliphatic rings. The van der Waals surface area contributed by atoms with Crippen LogP contribution in [0.3, 0.4) is 0 Å². The minimum absolute atomic E-state index is 0. The smallest absolute Gasteiger partial charge is 0.234 e. The molecule has 0 aromatic heterocycles. The zero-order valence-electron chi connectivity index (χ0n) is 19.7. The summed E-state index contributed by atoms with van der Waals surface area (Å²) < 4.78 is 0. The summed E-state index contributed by atoms with van der Waals surface area (Å²) in [6, 6.07) is 11.2. The fourth-order valence-electron chi connectivity index (χ4n) is 4.20. The fraction of sp³-hybridized carbons (Fsp3) is 0.667. The number of nitrogens with one attached hydrogen (secondary N) is 3. The van der Waals surface area contributed by atoms with Gasteiger partial charge < -0.3 is 16.0 Å². The van der Waals surface area contributed by atoms with E-state index >= 15 is 0 Å². The zero-order chi connectivity index (χ0) is 21.8. The number of amides is 1. The van der Waals surface area contributed by atoms with E-state index < -0.39 is 0 Å². The SMILES string of the molecule is CCCNC(=O)CN1CCC(NC(=NC)NCC(CC)(CC)c2ccccc2)CC1.I. The third-order valence-electron chi connectivity index (χ3n) is 6.43. The second kappa shape index (κ2) is 14.7. The molecule has 1 saturated heterocycles. The van der Waals surface area contributed by atoms with Crippen molar-refractivity contribution >= 4 is 35.8 Å². The Hall–Kier alpha value is -1.35. The summed E-state index contributed by atoms with van der Waals surface area (Å²) in [6.45, 7) is 10.6. The van der Waals surface area contributed by atoms with E-state index in [0.717, 1.165) is 64.2 Å². The topological polar surface area (TPSA) is 68.8 Å². The van der Waals surface area contributed by atoms with Crippen LogP contribution in [0.1, 0.15) is 58.4 Å². The summed E-state index contributed by atoms with van der Waals surface area (Å²) in [4.78, 5) is 18.6. The first-order valence-electron chi connectivity index (χ1n) is 11.6. The number of hydrogen-bond acceptors (Lipinski definition) is 3. The van der Waals surface area contributed by atoms with Gasteiger partial charge >= 0.3 is 0 Å². The van der Waals surface area contributed by atoms with Crippen LogP contribution in [0, 0.1) is 0 Å². The summed E-state index contributed by atoms with van der Waals surface area (Å²) in [6.07, 6.45) is 5.18. The van der Waals surface area contributed by atoms with E-state index in [4.69, 9.17) is 0 Å². The second-order valence-electron chi connectivity index (χ2n) is 8.32. The Kier molecular flexibility index (Phi) is 13.1. The maximum Gasteiger partial charge on any atom is 0.234 e. The van der Waals surface area contributed by atoms with Crippen LogP contribution in [0.2, 0.25) is 0 Å². The minimum Gasteiger partial charge on any atom is -0.356 e. The van der Waals surface area contributed by atoms with Crippen LogP contribution in [0.5, 0.6) is 0 Å². The van der Waals surface area contributed by atoms with Gasteiger partial charge in [-0.2, -0.15) is 0 Å². The van der Waals surface area contributed by atoms with Crippen molar-refractivity contribution in [1.29, 1.82) is 0 Å². The molecule has 3 N–H and O–H groups in total. The van der Waals surface area contributed by atoms with Crippen LogP contribution in [0.15, 0.2) is 35.3 Å². The molecule has 0 spiro atoms. The number of aliphatic imine (C=N–C) groups is 1. The number of piperidine rings is 1. The summed E-state index contributed by atoms with van der Waals surface area (Å²) in [7, 11) is 1.84. The van der Waals surface area contributed by atoms with Gasteiger partial charge in [-0.3, -0.25) is 14.7 Å². The molecular formula is C24H42IN5O. The van der Waals surface area contributed by atoms with E-state index in [9.17, 15) is 4.79 Å². The molecule has 0 unspecified atom stereocenters. The average molecular weight is 544 g/mol. The predicted molar refractivity (Wildman–Crippen MR) is 141 cm³/mol. The van der Waals surface area contributed by atoms with Gasteiger partial charge in [0.2, 0.25) is 5.91 Å². The highest BCUT2D eigenvalue weighted by Gasteiger charge is 2.29. The van der Waals surface area contributed by atoms with Crippen molar-refractivity contribution in [3.63, 3.8) is 0 Å². The van der Waals surface area contributed by atoms with E-state index in [1.165, 1.54) is 5.56 Å². The summed E-state index contributed by atoms with van der Waals surface area (Å²) in [5, 5.41) is 10.1. The largest absolute Gasteiger partial charge is 0.356 e. The molecule has 0 radical (unpaired) electrons. The van der Waals surface area contributed by atoms with Gasteiger partial charge in [-0.05, 0) is 37.7 Å². The number of hydrogen-bond donors (Lipinski definition) is 3. The van der Waals surface area contributed by atoms with Crippen LogP contribution < -0.4 is 16.0 Å². The van der Waals surface area contributed by atoms with E-state index in [1.54, 1.807) is 0 Å². The van der Waals surface area contributed by atoms with E-state index in [-0.39, 0.29) is 35.3 Å². The summed E-state index contributed by atoms with van der Waals surface area (Å²) >= 11 is 0. The van der Waals surface area contributed by atoms with Crippen molar-refractivity contribution in [2.75, 3.05) is 39.8 Å². The summed E-state index contributed by atoms with van der Waals surface area (Å²) in [5.41, 5.74) is 1.49. The Balaban J connectivity index is 0.00000480. The summed E-state index contributed by atoms with van der Waals surface area (Å²) in [5.74, 6) is 1.01. The lowest BCUT2D eigenvalue weighted by Crippen LogP contribution is -2.52. The van der Waals surface area contributed by atoms with Gasteiger partial charge in [-0.25, -0.2) is 0 Å². The average Bonchev–Trinajstić information content (AvgIpc) is 2.79. The number of guanidine groups is 1. The molecule has 1 aromatic rings. The van der Waals surface area contributed by atoms with Crippen molar-refractivity contribution < 1.29 is 4.79 Å². The molecule has 2 rings (SSSR count). The van der Waals surface area contributed by atoms with Crippen molar-refractivity contribution in [2.24, 2.45) is 4.99 Å². The molecule has 1 aliphatic heterocycles. The highest BCUT2D eigenvalue weighted by molar-refractivity contribution is 14.0. The van der Waals surface area contributed by atoms with Gasteiger partial charge in [0.1, 0.15) is 0 Å². The second-order valence-corrected chi connectivity index (χ2v) is 8.32. The first-order valence-corrected chi connectivity index (χ1v) is 11.6. The molecule has 1 heterocycles. The van der Waals surface area contributed by atoms with Gasteiger partial charge in [0.05, 0.1) is 6.54 Å². The molecule has 0 saturated carbocycles. The van der Waals surface area contributed by atoms with Gasteiger partial charge in [0, 0.05) is 44.7 Å². The number of nitrogens with zero attached hydrogens (tertiary/aromatic N) is 2. The maximum absolute atomic E-state index is 11.9. The minimum atomic E-state index is 0. The highest BCUT2D eigenvalue weighted by atomic mass is 127. The molecule has 1 fully saturated rings. The molecule has 6 nitrogen and oxygen atoms in total.